The van der Waals surface area contributed by atoms with Crippen LogP contribution in [-0.4, -0.2) is 42.8 Å². The van der Waals surface area contributed by atoms with Crippen molar-refractivity contribution in [1.82, 2.24) is 29.8 Å². The molecule has 3 aromatic heterocycles. The Morgan fingerprint density at radius 2 is 1.36 bits per heavy atom. The summed E-state index contributed by atoms with van der Waals surface area (Å²) >= 11 is 1.43. The minimum absolute atomic E-state index is 0.0900. The Bertz CT molecular complexity index is 2650. The molecule has 0 aliphatic heterocycles. The summed E-state index contributed by atoms with van der Waals surface area (Å²) in [5.41, 5.74) is 7.88. The molecule has 0 N–H and O–H groups in total. The lowest BCUT2D eigenvalue weighted by Crippen LogP contribution is -2.39. The fraction of sp³-hybridized carbons (Fsp3) is 0.184. The molecule has 0 bridgehead atoms. The highest BCUT2D eigenvalue weighted by atomic mass is 32.1. The number of ether oxygens (including phenoxy) is 1. The number of rotatable bonds is 14. The summed E-state index contributed by atoms with van der Waals surface area (Å²) in [7, 11) is 1.37. The average molecular weight is 797 g/mol. The molecule has 0 aliphatic carbocycles. The van der Waals surface area contributed by atoms with Gasteiger partial charge in [-0.25, -0.2) is 14.5 Å². The highest BCUT2D eigenvalue weighted by molar-refractivity contribution is 7.10. The molecule has 5 aromatic carbocycles. The molecule has 8 aromatic rings. The Kier molecular flexibility index (Phi) is 11.5. The van der Waals surface area contributed by atoms with Gasteiger partial charge in [0.25, 0.3) is 5.56 Å². The third-order valence-corrected chi connectivity index (χ3v) is 11.8. The number of aromatic nitrogens is 6. The molecule has 9 nitrogen and oxygen atoms in total. The van der Waals surface area contributed by atoms with Crippen molar-refractivity contribution in [3.05, 3.63) is 211 Å². The normalized spacial score (nSPS) is 11.4. The molecule has 294 valence electrons. The van der Waals surface area contributed by atoms with Crippen LogP contribution >= 0.6 is 11.3 Å². The number of unbranched alkanes of at least 4 members (excludes halogenated alkanes) is 1. The molecule has 0 unspecified atom stereocenters. The predicted molar refractivity (Wildman–Crippen MR) is 233 cm³/mol. The first-order chi connectivity index (χ1) is 28.9. The van der Waals surface area contributed by atoms with Gasteiger partial charge in [-0.3, -0.25) is 9.36 Å². The summed E-state index contributed by atoms with van der Waals surface area (Å²) in [5.74, 6) is 0.828. The highest BCUT2D eigenvalue weighted by Crippen LogP contribution is 2.43. The molecule has 0 fully saturated rings. The van der Waals surface area contributed by atoms with E-state index in [4.69, 9.17) is 20.0 Å². The standard InChI is InChI=1S/C49H44N6O3S/c1-4-5-25-44-43(47(56)54(34(2)50-44)33-45-42(30-31-59-45)48(57)58-3)32-35-26-28-36(29-27-35)40-23-15-16-24-41(40)46-51-52-53-55(46)49(37-17-9-6-10-18-37,38-19-11-7-12-20-38)39-21-13-8-14-22-39/h6-24,26-31H,4-5,25,32-33H2,1-3H3. The maximum atomic E-state index is 14.3. The second-order valence-corrected chi connectivity index (χ2v) is 15.5. The molecular formula is C49H44N6O3S. The number of thiophene rings is 1. The molecule has 10 heteroatoms. The van der Waals surface area contributed by atoms with E-state index in [2.05, 4.69) is 121 Å². The quantitative estimate of drug-likeness (QED) is 0.0798. The van der Waals surface area contributed by atoms with Crippen LogP contribution in [0.5, 0.6) is 0 Å². The molecule has 0 saturated heterocycles. The van der Waals surface area contributed by atoms with E-state index in [9.17, 15) is 9.59 Å². The molecule has 0 atom stereocenters. The number of methoxy groups -OCH3 is 1. The highest BCUT2D eigenvalue weighted by Gasteiger charge is 2.42. The summed E-state index contributed by atoms with van der Waals surface area (Å²) in [6.45, 7) is 4.24. The lowest BCUT2D eigenvalue weighted by atomic mass is 9.77. The van der Waals surface area contributed by atoms with Crippen molar-refractivity contribution >= 4 is 17.3 Å². The Balaban J connectivity index is 1.19. The molecule has 0 amide bonds. The molecule has 0 aliphatic rings. The van der Waals surface area contributed by atoms with Crippen molar-refractivity contribution in [2.45, 2.75) is 51.6 Å². The van der Waals surface area contributed by atoms with Crippen molar-refractivity contribution in [1.29, 1.82) is 0 Å². The third kappa shape index (κ3) is 7.55. The second-order valence-electron chi connectivity index (χ2n) is 14.5. The SMILES string of the molecule is CCCCc1nc(C)n(Cc2sccc2C(=O)OC)c(=O)c1Cc1ccc(-c2ccccc2-c2nnnn2C(c2ccccc2)(c2ccccc2)c2ccccc2)cc1. The van der Waals surface area contributed by atoms with Crippen LogP contribution < -0.4 is 5.56 Å². The number of carbonyl (C=O) groups is 1. The van der Waals surface area contributed by atoms with Crippen LogP contribution in [0.3, 0.4) is 0 Å². The third-order valence-electron chi connectivity index (χ3n) is 10.9. The zero-order valence-corrected chi connectivity index (χ0v) is 34.1. The fourth-order valence-corrected chi connectivity index (χ4v) is 8.84. The Morgan fingerprint density at radius 3 is 1.95 bits per heavy atom. The number of hydrogen-bond donors (Lipinski definition) is 0. The van der Waals surface area contributed by atoms with Crippen LogP contribution in [-0.2, 0) is 29.7 Å². The Morgan fingerprint density at radius 1 is 0.763 bits per heavy atom. The van der Waals surface area contributed by atoms with Crippen molar-refractivity contribution in [3.63, 3.8) is 0 Å². The molecule has 0 radical (unpaired) electrons. The first kappa shape index (κ1) is 39.1. The van der Waals surface area contributed by atoms with Gasteiger partial charge in [-0.1, -0.05) is 153 Å². The maximum Gasteiger partial charge on any atom is 0.339 e. The summed E-state index contributed by atoms with van der Waals surface area (Å²) in [6.07, 6.45) is 3.05. The number of esters is 1. The number of carbonyl (C=O) groups excluding carboxylic acids is 1. The van der Waals surface area contributed by atoms with Gasteiger partial charge in [0.1, 0.15) is 11.4 Å². The van der Waals surface area contributed by atoms with Crippen LogP contribution in [0.25, 0.3) is 22.5 Å². The lowest BCUT2D eigenvalue weighted by Gasteiger charge is -2.36. The molecule has 8 rings (SSSR count). The van der Waals surface area contributed by atoms with Gasteiger partial charge in [0.15, 0.2) is 5.82 Å². The summed E-state index contributed by atoms with van der Waals surface area (Å²) in [5, 5.41) is 15.7. The van der Waals surface area contributed by atoms with E-state index in [1.807, 2.05) is 47.3 Å². The molecule has 0 spiro atoms. The monoisotopic (exact) mass is 796 g/mol. The van der Waals surface area contributed by atoms with Crippen molar-refractivity contribution < 1.29 is 9.53 Å². The first-order valence-corrected chi connectivity index (χ1v) is 20.7. The number of nitrogens with zero attached hydrogens (tertiary/aromatic N) is 6. The van der Waals surface area contributed by atoms with E-state index in [1.165, 1.54) is 18.4 Å². The van der Waals surface area contributed by atoms with E-state index in [-0.39, 0.29) is 12.1 Å². The number of tetrazole rings is 1. The van der Waals surface area contributed by atoms with Crippen LogP contribution in [0, 0.1) is 6.92 Å². The molecule has 0 saturated carbocycles. The van der Waals surface area contributed by atoms with Gasteiger partial charge in [0, 0.05) is 22.4 Å². The van der Waals surface area contributed by atoms with Crippen LogP contribution in [0.15, 0.2) is 156 Å². The zero-order chi connectivity index (χ0) is 40.8. The van der Waals surface area contributed by atoms with Gasteiger partial charge < -0.3 is 4.74 Å². The van der Waals surface area contributed by atoms with E-state index in [0.717, 1.165) is 62.4 Å². The van der Waals surface area contributed by atoms with Gasteiger partial charge in [0.2, 0.25) is 0 Å². The van der Waals surface area contributed by atoms with Crippen molar-refractivity contribution in [2.75, 3.05) is 7.11 Å². The number of aryl methyl sites for hydroxylation is 2. The van der Waals surface area contributed by atoms with Crippen LogP contribution in [0.1, 0.15) is 74.3 Å². The van der Waals surface area contributed by atoms with Crippen LogP contribution in [0.2, 0.25) is 0 Å². The largest absolute Gasteiger partial charge is 0.465 e. The topological polar surface area (TPSA) is 105 Å². The first-order valence-electron chi connectivity index (χ1n) is 19.8. The van der Waals surface area contributed by atoms with Gasteiger partial charge in [-0.05, 0) is 75.0 Å². The van der Waals surface area contributed by atoms with Crippen LogP contribution in [0.4, 0.5) is 0 Å². The zero-order valence-electron chi connectivity index (χ0n) is 33.3. The smallest absolute Gasteiger partial charge is 0.339 e. The lowest BCUT2D eigenvalue weighted by molar-refractivity contribution is 0.0600. The molecule has 59 heavy (non-hydrogen) atoms. The van der Waals surface area contributed by atoms with E-state index >= 15 is 0 Å². The Labute approximate surface area is 347 Å². The summed E-state index contributed by atoms with van der Waals surface area (Å²) in [4.78, 5) is 32.5. The minimum Gasteiger partial charge on any atom is -0.465 e. The Hall–Kier alpha value is -6.78. The van der Waals surface area contributed by atoms with E-state index in [0.29, 0.717) is 35.6 Å². The molecule has 3 heterocycles. The number of benzene rings is 5. The van der Waals surface area contributed by atoms with Gasteiger partial charge in [-0.2, -0.15) is 0 Å². The van der Waals surface area contributed by atoms with Crippen molar-refractivity contribution in [3.8, 4) is 22.5 Å². The van der Waals surface area contributed by atoms with E-state index in [1.54, 1.807) is 10.6 Å². The van der Waals surface area contributed by atoms with Crippen molar-refractivity contribution in [2.24, 2.45) is 0 Å². The predicted octanol–water partition coefficient (Wildman–Crippen LogP) is 9.54. The summed E-state index contributed by atoms with van der Waals surface area (Å²) in [6, 6.07) is 49.4. The fourth-order valence-electron chi connectivity index (χ4n) is 7.99. The van der Waals surface area contributed by atoms with E-state index < -0.39 is 11.5 Å². The van der Waals surface area contributed by atoms with Gasteiger partial charge in [-0.15, -0.1) is 16.4 Å². The minimum atomic E-state index is -0.894. The second kappa shape index (κ2) is 17.4. The number of hydrogen-bond acceptors (Lipinski definition) is 8. The van der Waals surface area contributed by atoms with Gasteiger partial charge in [0.05, 0.1) is 24.9 Å². The average Bonchev–Trinajstić information content (AvgIpc) is 3.98. The summed E-state index contributed by atoms with van der Waals surface area (Å²) < 4.78 is 8.63. The van der Waals surface area contributed by atoms with Gasteiger partial charge >= 0.3 is 5.97 Å². The molecular weight excluding hydrogens is 753 g/mol. The maximum absolute atomic E-state index is 14.3.